The Morgan fingerprint density at radius 1 is 0.931 bits per heavy atom. The van der Waals surface area contributed by atoms with E-state index in [0.29, 0.717) is 18.1 Å². The third-order valence-corrected chi connectivity index (χ3v) is 3.79. The molecule has 0 fully saturated rings. The first-order valence-electron chi connectivity index (χ1n) is 8.87. The molecule has 1 heterocycles. The zero-order valence-corrected chi connectivity index (χ0v) is 15.6. The molecule has 2 aromatic carbocycles. The molecular formula is C21H19FN2O5. The van der Waals surface area contributed by atoms with Gasteiger partial charge in [-0.05, 0) is 43.3 Å². The van der Waals surface area contributed by atoms with Gasteiger partial charge in [-0.2, -0.15) is 0 Å². The highest BCUT2D eigenvalue weighted by Gasteiger charge is 2.15. The van der Waals surface area contributed by atoms with Crippen LogP contribution in [0.5, 0.6) is 11.5 Å². The van der Waals surface area contributed by atoms with Crippen molar-refractivity contribution in [2.45, 2.75) is 6.92 Å². The molecule has 150 valence electrons. The number of carbonyl (C=O) groups excluding carboxylic acids is 2. The van der Waals surface area contributed by atoms with Crippen LogP contribution in [0.3, 0.4) is 0 Å². The van der Waals surface area contributed by atoms with Gasteiger partial charge in [0.1, 0.15) is 11.6 Å². The smallest absolute Gasteiger partial charge is 0.305 e. The summed E-state index contributed by atoms with van der Waals surface area (Å²) in [5.41, 5.74) is 4.67. The molecule has 1 aromatic heterocycles. The third kappa shape index (κ3) is 5.13. The van der Waals surface area contributed by atoms with Gasteiger partial charge in [0, 0.05) is 0 Å². The average Bonchev–Trinajstić information content (AvgIpc) is 3.22. The summed E-state index contributed by atoms with van der Waals surface area (Å²) in [6.07, 6.45) is 0. The van der Waals surface area contributed by atoms with Gasteiger partial charge in [0.25, 0.3) is 5.91 Å². The second kappa shape index (κ2) is 9.41. The summed E-state index contributed by atoms with van der Waals surface area (Å²) in [5, 5.41) is 0. The van der Waals surface area contributed by atoms with Gasteiger partial charge >= 0.3 is 5.91 Å². The molecule has 0 radical (unpaired) electrons. The van der Waals surface area contributed by atoms with Crippen molar-refractivity contribution in [3.05, 3.63) is 72.2 Å². The fraction of sp³-hybridized carbons (Fsp3) is 0.143. The molecule has 0 atom stereocenters. The Hall–Kier alpha value is -3.81. The van der Waals surface area contributed by atoms with Crippen LogP contribution in [0.2, 0.25) is 0 Å². The maximum Gasteiger partial charge on any atom is 0.305 e. The van der Waals surface area contributed by atoms with Crippen molar-refractivity contribution in [2.75, 3.05) is 13.2 Å². The van der Waals surface area contributed by atoms with E-state index in [9.17, 15) is 14.0 Å². The van der Waals surface area contributed by atoms with Gasteiger partial charge in [-0.15, -0.1) is 0 Å². The molecule has 0 aliphatic heterocycles. The number of amides is 2. The number of hydrogen-bond donors (Lipinski definition) is 2. The zero-order chi connectivity index (χ0) is 20.6. The first kappa shape index (κ1) is 19.9. The average molecular weight is 398 g/mol. The molecule has 3 rings (SSSR count). The van der Waals surface area contributed by atoms with E-state index < -0.39 is 17.6 Å². The summed E-state index contributed by atoms with van der Waals surface area (Å²) in [6, 6.07) is 15.8. The zero-order valence-electron chi connectivity index (χ0n) is 15.6. The van der Waals surface area contributed by atoms with Crippen LogP contribution in [0.1, 0.15) is 17.5 Å². The van der Waals surface area contributed by atoms with E-state index in [-0.39, 0.29) is 23.7 Å². The van der Waals surface area contributed by atoms with Gasteiger partial charge in [-0.1, -0.05) is 24.3 Å². The molecule has 0 unspecified atom stereocenters. The summed E-state index contributed by atoms with van der Waals surface area (Å²) in [4.78, 5) is 24.0. The number of nitrogens with one attached hydrogen (secondary N) is 2. The second-order valence-corrected chi connectivity index (χ2v) is 5.81. The van der Waals surface area contributed by atoms with Gasteiger partial charge in [0.05, 0.1) is 12.2 Å². The van der Waals surface area contributed by atoms with Gasteiger partial charge in [0.2, 0.25) is 0 Å². The largest absolute Gasteiger partial charge is 0.490 e. The Morgan fingerprint density at radius 3 is 2.34 bits per heavy atom. The normalized spacial score (nSPS) is 10.3. The van der Waals surface area contributed by atoms with Crippen LogP contribution >= 0.6 is 0 Å². The Labute approximate surface area is 166 Å². The maximum atomic E-state index is 13.8. The van der Waals surface area contributed by atoms with Gasteiger partial charge < -0.3 is 13.9 Å². The molecule has 0 spiro atoms. The number of carbonyl (C=O) groups is 2. The molecule has 0 aliphatic carbocycles. The number of benzene rings is 2. The van der Waals surface area contributed by atoms with E-state index in [0.717, 1.165) is 0 Å². The number of hydrogen-bond acceptors (Lipinski definition) is 5. The molecule has 29 heavy (non-hydrogen) atoms. The first-order valence-corrected chi connectivity index (χ1v) is 8.87. The van der Waals surface area contributed by atoms with Crippen LogP contribution in [0.15, 0.2) is 65.1 Å². The number of para-hydroxylation sites is 2. The van der Waals surface area contributed by atoms with Crippen LogP contribution in [0.4, 0.5) is 4.39 Å². The molecule has 0 saturated heterocycles. The monoisotopic (exact) mass is 398 g/mol. The predicted molar refractivity (Wildman–Crippen MR) is 103 cm³/mol. The molecule has 2 amide bonds. The van der Waals surface area contributed by atoms with Crippen LogP contribution in [0, 0.1) is 5.82 Å². The maximum absolute atomic E-state index is 13.8. The highest BCUT2D eigenvalue weighted by Crippen LogP contribution is 2.26. The van der Waals surface area contributed by atoms with Crippen molar-refractivity contribution < 1.29 is 27.9 Å². The second-order valence-electron chi connectivity index (χ2n) is 5.81. The van der Waals surface area contributed by atoms with E-state index in [1.807, 2.05) is 6.92 Å². The Bertz CT molecular complexity index is 1000. The molecule has 7 nitrogen and oxygen atoms in total. The minimum absolute atomic E-state index is 0.0776. The molecule has 0 bridgehead atoms. The topological polar surface area (TPSA) is 89.8 Å². The van der Waals surface area contributed by atoms with Gasteiger partial charge in [-0.25, -0.2) is 4.39 Å². The molecule has 3 aromatic rings. The Morgan fingerprint density at radius 2 is 1.62 bits per heavy atom. The third-order valence-electron chi connectivity index (χ3n) is 3.79. The summed E-state index contributed by atoms with van der Waals surface area (Å²) in [5.74, 6) is -0.672. The molecule has 0 saturated carbocycles. The number of rotatable bonds is 7. The Balaban J connectivity index is 1.52. The minimum Gasteiger partial charge on any atom is -0.490 e. The lowest BCUT2D eigenvalue weighted by Crippen LogP contribution is -2.43. The number of ether oxygens (including phenoxy) is 2. The van der Waals surface area contributed by atoms with Crippen molar-refractivity contribution in [1.82, 2.24) is 10.9 Å². The molecular weight excluding hydrogens is 379 g/mol. The van der Waals surface area contributed by atoms with Crippen molar-refractivity contribution in [1.29, 1.82) is 0 Å². The number of halogens is 1. The van der Waals surface area contributed by atoms with Crippen molar-refractivity contribution in [3.8, 4) is 22.8 Å². The van der Waals surface area contributed by atoms with Gasteiger partial charge in [-0.3, -0.25) is 20.4 Å². The van der Waals surface area contributed by atoms with Crippen molar-refractivity contribution >= 4 is 11.8 Å². The fourth-order valence-electron chi connectivity index (χ4n) is 2.48. The molecule has 0 aliphatic rings. The lowest BCUT2D eigenvalue weighted by Gasteiger charge is -2.11. The van der Waals surface area contributed by atoms with E-state index in [1.165, 1.54) is 24.3 Å². The standard InChI is InChI=1S/C21H19FN2O5/c1-2-27-17-9-5-6-10-18(17)28-13-20(25)23-24-21(26)19-12-11-16(29-19)14-7-3-4-8-15(14)22/h3-12H,2,13H2,1H3,(H,23,25)(H,24,26). The van der Waals surface area contributed by atoms with Crippen LogP contribution < -0.4 is 20.3 Å². The molecule has 2 N–H and O–H groups in total. The minimum atomic E-state index is -0.685. The van der Waals surface area contributed by atoms with Crippen molar-refractivity contribution in [3.63, 3.8) is 0 Å². The van der Waals surface area contributed by atoms with E-state index in [1.54, 1.807) is 36.4 Å². The SMILES string of the molecule is CCOc1ccccc1OCC(=O)NNC(=O)c1ccc(-c2ccccc2F)o1. The summed E-state index contributed by atoms with van der Waals surface area (Å²) in [7, 11) is 0. The Kier molecular flexibility index (Phi) is 6.47. The highest BCUT2D eigenvalue weighted by atomic mass is 19.1. The summed E-state index contributed by atoms with van der Waals surface area (Å²) < 4.78 is 30.0. The van der Waals surface area contributed by atoms with Crippen LogP contribution in [-0.4, -0.2) is 25.0 Å². The predicted octanol–water partition coefficient (Wildman–Crippen LogP) is 3.32. The van der Waals surface area contributed by atoms with E-state index in [4.69, 9.17) is 13.9 Å². The lowest BCUT2D eigenvalue weighted by molar-refractivity contribution is -0.123. The van der Waals surface area contributed by atoms with Crippen LogP contribution in [0.25, 0.3) is 11.3 Å². The van der Waals surface area contributed by atoms with Crippen molar-refractivity contribution in [2.24, 2.45) is 0 Å². The highest BCUT2D eigenvalue weighted by molar-refractivity contribution is 5.93. The lowest BCUT2D eigenvalue weighted by atomic mass is 10.1. The quantitative estimate of drug-likeness (QED) is 0.596. The fourth-order valence-corrected chi connectivity index (χ4v) is 2.48. The number of furan rings is 1. The summed E-state index contributed by atoms with van der Waals surface area (Å²) in [6.45, 7) is 1.97. The van der Waals surface area contributed by atoms with Crippen LogP contribution in [-0.2, 0) is 4.79 Å². The summed E-state index contributed by atoms with van der Waals surface area (Å²) >= 11 is 0. The number of hydrazine groups is 1. The molecule has 8 heteroatoms. The van der Waals surface area contributed by atoms with E-state index >= 15 is 0 Å². The van der Waals surface area contributed by atoms with Gasteiger partial charge in [0.15, 0.2) is 23.9 Å². The first-order chi connectivity index (χ1) is 14.1. The van der Waals surface area contributed by atoms with E-state index in [2.05, 4.69) is 10.9 Å².